The fourth-order valence-corrected chi connectivity index (χ4v) is 1.64. The molecule has 2 aromatic rings. The first-order chi connectivity index (χ1) is 9.06. The number of hydrogen-bond donors (Lipinski definition) is 2. The smallest absolute Gasteiger partial charge is 0.121 e. The highest BCUT2D eigenvalue weighted by molar-refractivity contribution is 5.38. The minimum absolute atomic E-state index is 0.349. The molecule has 0 spiro atoms. The number of hydrogen-bond acceptors (Lipinski definition) is 2. The van der Waals surface area contributed by atoms with Gasteiger partial charge in [-0.05, 0) is 43.0 Å². The van der Waals surface area contributed by atoms with E-state index in [0.29, 0.717) is 11.5 Å². The van der Waals surface area contributed by atoms with Crippen LogP contribution in [-0.4, -0.2) is 10.2 Å². The summed E-state index contributed by atoms with van der Waals surface area (Å²) in [5.74, 6) is 0.764. The average molecular weight is 256 g/mol. The van der Waals surface area contributed by atoms with Crippen LogP contribution in [0.15, 0.2) is 55.1 Å². The third kappa shape index (κ3) is 4.51. The molecule has 0 saturated heterocycles. The molecule has 2 rings (SSSR count). The molecule has 0 saturated carbocycles. The Labute approximate surface area is 114 Å². The number of phenolic OH excluding ortho intramolecular Hbond substituents is 2. The molecule has 0 bridgehead atoms. The Hall–Kier alpha value is -2.22. The molecule has 0 heterocycles. The van der Waals surface area contributed by atoms with Gasteiger partial charge in [0.05, 0.1) is 0 Å². The number of aryl methyl sites for hydroxylation is 2. The van der Waals surface area contributed by atoms with E-state index in [2.05, 4.69) is 6.58 Å². The molecule has 0 aromatic heterocycles. The molecule has 0 atom stereocenters. The molecule has 0 radical (unpaired) electrons. The van der Waals surface area contributed by atoms with Crippen molar-refractivity contribution in [2.75, 3.05) is 0 Å². The maximum Gasteiger partial charge on any atom is 0.121 e. The molecule has 0 unspecified atom stereocenters. The highest BCUT2D eigenvalue weighted by atomic mass is 16.3. The minimum Gasteiger partial charge on any atom is -0.508 e. The maximum atomic E-state index is 9.21. The summed E-state index contributed by atoms with van der Waals surface area (Å²) in [6.07, 6.45) is 2.50. The predicted octanol–water partition coefficient (Wildman–Crippen LogP) is 4.13. The van der Waals surface area contributed by atoms with E-state index in [9.17, 15) is 10.2 Å². The summed E-state index contributed by atoms with van der Waals surface area (Å²) in [5, 5.41) is 18.4. The summed E-state index contributed by atoms with van der Waals surface area (Å²) in [6, 6.07) is 13.0. The highest BCUT2D eigenvalue weighted by Gasteiger charge is 1.95. The van der Waals surface area contributed by atoms with E-state index < -0.39 is 0 Å². The number of aromatic hydroxyl groups is 2. The van der Waals surface area contributed by atoms with Gasteiger partial charge in [-0.2, -0.15) is 0 Å². The molecule has 0 fully saturated rings. The molecule has 0 amide bonds. The van der Waals surface area contributed by atoms with E-state index in [-0.39, 0.29) is 0 Å². The molecular weight excluding hydrogens is 236 g/mol. The summed E-state index contributed by atoms with van der Waals surface area (Å²) >= 11 is 0. The standard InChI is InChI=1S/C9H10O.C8H10O/c1-2-5-8-6-3-4-7-9(8)10;1-6-4-3-5-7(2)8(6)9/h2-4,6-7,10H,1,5H2;3-5,9H,1-2H3. The van der Waals surface area contributed by atoms with Gasteiger partial charge < -0.3 is 10.2 Å². The van der Waals surface area contributed by atoms with Crippen LogP contribution in [0.4, 0.5) is 0 Å². The van der Waals surface area contributed by atoms with Crippen LogP contribution in [0.1, 0.15) is 16.7 Å². The second-order valence-electron chi connectivity index (χ2n) is 4.36. The van der Waals surface area contributed by atoms with Gasteiger partial charge in [-0.15, -0.1) is 6.58 Å². The van der Waals surface area contributed by atoms with Crippen molar-refractivity contribution >= 4 is 0 Å². The lowest BCUT2D eigenvalue weighted by Crippen LogP contribution is -1.79. The van der Waals surface area contributed by atoms with Crippen molar-refractivity contribution < 1.29 is 10.2 Å². The SMILES string of the molecule is C=CCc1ccccc1O.Cc1cccc(C)c1O. The number of rotatable bonds is 2. The van der Waals surface area contributed by atoms with Crippen molar-refractivity contribution in [3.05, 3.63) is 71.8 Å². The number of phenols is 2. The highest BCUT2D eigenvalue weighted by Crippen LogP contribution is 2.19. The second kappa shape index (κ2) is 7.27. The van der Waals surface area contributed by atoms with Crippen LogP contribution in [0.25, 0.3) is 0 Å². The van der Waals surface area contributed by atoms with Crippen molar-refractivity contribution in [2.24, 2.45) is 0 Å². The Balaban J connectivity index is 0.000000191. The monoisotopic (exact) mass is 256 g/mol. The van der Waals surface area contributed by atoms with E-state index >= 15 is 0 Å². The summed E-state index contributed by atoms with van der Waals surface area (Å²) in [6.45, 7) is 7.37. The Morgan fingerprint density at radius 3 is 2.00 bits per heavy atom. The first-order valence-corrected chi connectivity index (χ1v) is 6.19. The zero-order valence-electron chi connectivity index (χ0n) is 11.4. The largest absolute Gasteiger partial charge is 0.508 e. The van der Waals surface area contributed by atoms with Crippen LogP contribution in [0.3, 0.4) is 0 Å². The first-order valence-electron chi connectivity index (χ1n) is 6.19. The van der Waals surface area contributed by atoms with E-state index in [1.165, 1.54) is 0 Å². The van der Waals surface area contributed by atoms with Crippen molar-refractivity contribution in [3.8, 4) is 11.5 Å². The molecule has 2 aromatic carbocycles. The Bertz CT molecular complexity index is 524. The van der Waals surface area contributed by atoms with Crippen LogP contribution in [-0.2, 0) is 6.42 Å². The van der Waals surface area contributed by atoms with E-state index in [1.807, 2.05) is 50.2 Å². The molecular formula is C17H20O2. The third-order valence-electron chi connectivity index (χ3n) is 2.80. The van der Waals surface area contributed by atoms with Gasteiger partial charge in [-0.25, -0.2) is 0 Å². The molecule has 2 heteroatoms. The topological polar surface area (TPSA) is 40.5 Å². The summed E-state index contributed by atoms with van der Waals surface area (Å²) in [7, 11) is 0. The molecule has 19 heavy (non-hydrogen) atoms. The third-order valence-corrected chi connectivity index (χ3v) is 2.80. The van der Waals surface area contributed by atoms with Crippen LogP contribution in [0, 0.1) is 13.8 Å². The Morgan fingerprint density at radius 2 is 1.53 bits per heavy atom. The van der Waals surface area contributed by atoms with Crippen molar-refractivity contribution in [2.45, 2.75) is 20.3 Å². The Morgan fingerprint density at radius 1 is 0.947 bits per heavy atom. The van der Waals surface area contributed by atoms with Crippen LogP contribution in [0.5, 0.6) is 11.5 Å². The normalized spacial score (nSPS) is 9.37. The average Bonchev–Trinajstić information content (AvgIpc) is 2.40. The minimum atomic E-state index is 0.349. The van der Waals surface area contributed by atoms with Crippen molar-refractivity contribution in [1.82, 2.24) is 0 Å². The predicted molar refractivity (Wildman–Crippen MR) is 79.6 cm³/mol. The fourth-order valence-electron chi connectivity index (χ4n) is 1.64. The van der Waals surface area contributed by atoms with Crippen molar-refractivity contribution in [3.63, 3.8) is 0 Å². The molecule has 0 aliphatic rings. The van der Waals surface area contributed by atoms with Gasteiger partial charge >= 0.3 is 0 Å². The van der Waals surface area contributed by atoms with Crippen LogP contribution in [0.2, 0.25) is 0 Å². The fraction of sp³-hybridized carbons (Fsp3) is 0.176. The Kier molecular flexibility index (Phi) is 5.68. The van der Waals surface area contributed by atoms with E-state index in [1.54, 1.807) is 12.1 Å². The van der Waals surface area contributed by atoms with Gasteiger partial charge in [0.15, 0.2) is 0 Å². The maximum absolute atomic E-state index is 9.21. The van der Waals surface area contributed by atoms with Crippen molar-refractivity contribution in [1.29, 1.82) is 0 Å². The second-order valence-corrected chi connectivity index (χ2v) is 4.36. The lowest BCUT2D eigenvalue weighted by Gasteiger charge is -1.99. The molecule has 100 valence electrons. The zero-order valence-corrected chi connectivity index (χ0v) is 11.4. The van der Waals surface area contributed by atoms with Gasteiger partial charge in [-0.1, -0.05) is 42.5 Å². The number of benzene rings is 2. The van der Waals surface area contributed by atoms with Crippen LogP contribution >= 0.6 is 0 Å². The van der Waals surface area contributed by atoms with Gasteiger partial charge in [0.1, 0.15) is 11.5 Å². The number of allylic oxidation sites excluding steroid dienone is 1. The summed E-state index contributed by atoms with van der Waals surface area (Å²) in [4.78, 5) is 0. The van der Waals surface area contributed by atoms with E-state index in [4.69, 9.17) is 0 Å². The van der Waals surface area contributed by atoms with Gasteiger partial charge in [-0.3, -0.25) is 0 Å². The van der Waals surface area contributed by atoms with Gasteiger partial charge in [0, 0.05) is 0 Å². The summed E-state index contributed by atoms with van der Waals surface area (Å²) in [5.41, 5.74) is 2.81. The lowest BCUT2D eigenvalue weighted by atomic mass is 10.1. The lowest BCUT2D eigenvalue weighted by molar-refractivity contribution is 0.467. The molecule has 0 aliphatic heterocycles. The molecule has 2 N–H and O–H groups in total. The van der Waals surface area contributed by atoms with Gasteiger partial charge in [0.2, 0.25) is 0 Å². The quantitative estimate of drug-likeness (QED) is 0.793. The zero-order chi connectivity index (χ0) is 14.3. The van der Waals surface area contributed by atoms with Gasteiger partial charge in [0.25, 0.3) is 0 Å². The summed E-state index contributed by atoms with van der Waals surface area (Å²) < 4.78 is 0. The van der Waals surface area contributed by atoms with Crippen LogP contribution < -0.4 is 0 Å². The molecule has 2 nitrogen and oxygen atoms in total. The first kappa shape index (κ1) is 14.8. The molecule has 0 aliphatic carbocycles. The number of para-hydroxylation sites is 2. The van der Waals surface area contributed by atoms with E-state index in [0.717, 1.165) is 23.1 Å².